The van der Waals surface area contributed by atoms with Gasteiger partial charge in [-0.2, -0.15) is 0 Å². The summed E-state index contributed by atoms with van der Waals surface area (Å²) in [4.78, 5) is 26.6. The number of carbonyl (C=O) groups excluding carboxylic acids is 2. The molecule has 1 atom stereocenters. The van der Waals surface area contributed by atoms with Crippen molar-refractivity contribution in [3.8, 4) is 0 Å². The Balaban J connectivity index is 1.70. The Hall–Kier alpha value is -2.39. The highest BCUT2D eigenvalue weighted by atomic mass is 32.2. The van der Waals surface area contributed by atoms with E-state index in [0.29, 0.717) is 36.2 Å². The van der Waals surface area contributed by atoms with Gasteiger partial charge in [0.25, 0.3) is 0 Å². The molecule has 1 amide bonds. The van der Waals surface area contributed by atoms with Crippen molar-refractivity contribution in [3.05, 3.63) is 29.8 Å². The molecule has 8 nitrogen and oxygen atoms in total. The highest BCUT2D eigenvalue weighted by molar-refractivity contribution is 8.00. The second kappa shape index (κ2) is 9.20. The summed E-state index contributed by atoms with van der Waals surface area (Å²) in [7, 11) is 0. The number of benzene rings is 1. The molecule has 0 aliphatic carbocycles. The quantitative estimate of drug-likeness (QED) is 0.561. The number of hydrogen-bond acceptors (Lipinski definition) is 7. The van der Waals surface area contributed by atoms with Crippen LogP contribution < -0.4 is 10.2 Å². The zero-order valence-corrected chi connectivity index (χ0v) is 17.2. The SMILES string of the molecule is CCn1c(S[C@H](C)C(=O)Nc2ccccc2C(C)=O)nnc1N1CCOCC1. The number of amides is 1. The van der Waals surface area contributed by atoms with Crippen LogP contribution in [-0.2, 0) is 16.1 Å². The Bertz CT molecular complexity index is 848. The van der Waals surface area contributed by atoms with Crippen molar-refractivity contribution in [2.45, 2.75) is 37.7 Å². The van der Waals surface area contributed by atoms with E-state index >= 15 is 0 Å². The summed E-state index contributed by atoms with van der Waals surface area (Å²) >= 11 is 1.36. The normalized spacial score (nSPS) is 15.3. The molecule has 1 aliphatic heterocycles. The number of carbonyl (C=O) groups is 2. The van der Waals surface area contributed by atoms with Gasteiger partial charge in [0.15, 0.2) is 10.9 Å². The summed E-state index contributed by atoms with van der Waals surface area (Å²) < 4.78 is 7.42. The lowest BCUT2D eigenvalue weighted by Crippen LogP contribution is -2.38. The third-order valence-corrected chi connectivity index (χ3v) is 5.60. The number of nitrogens with one attached hydrogen (secondary N) is 1. The van der Waals surface area contributed by atoms with Crippen molar-refractivity contribution in [1.82, 2.24) is 14.8 Å². The molecule has 1 N–H and O–H groups in total. The van der Waals surface area contributed by atoms with E-state index in [2.05, 4.69) is 20.4 Å². The molecule has 0 unspecified atom stereocenters. The Morgan fingerprint density at radius 1 is 1.25 bits per heavy atom. The van der Waals surface area contributed by atoms with E-state index in [9.17, 15) is 9.59 Å². The van der Waals surface area contributed by atoms with E-state index in [1.165, 1.54) is 18.7 Å². The lowest BCUT2D eigenvalue weighted by atomic mass is 10.1. The van der Waals surface area contributed by atoms with Crippen LogP contribution >= 0.6 is 11.8 Å². The van der Waals surface area contributed by atoms with Crippen LogP contribution in [0.2, 0.25) is 0 Å². The summed E-state index contributed by atoms with van der Waals surface area (Å²) in [5.41, 5.74) is 1.03. The van der Waals surface area contributed by atoms with E-state index in [1.54, 1.807) is 24.3 Å². The molecule has 2 heterocycles. The predicted molar refractivity (Wildman–Crippen MR) is 109 cm³/mol. The van der Waals surface area contributed by atoms with Gasteiger partial charge < -0.3 is 15.0 Å². The predicted octanol–water partition coefficient (Wildman–Crippen LogP) is 2.46. The monoisotopic (exact) mass is 403 g/mol. The number of rotatable bonds is 7. The second-order valence-corrected chi connectivity index (χ2v) is 7.79. The molecule has 1 fully saturated rings. The topological polar surface area (TPSA) is 89.3 Å². The third-order valence-electron chi connectivity index (χ3n) is 4.52. The molecule has 1 aliphatic rings. The lowest BCUT2D eigenvalue weighted by molar-refractivity contribution is -0.115. The summed E-state index contributed by atoms with van der Waals surface area (Å²) in [6, 6.07) is 7.01. The smallest absolute Gasteiger partial charge is 0.237 e. The summed E-state index contributed by atoms with van der Waals surface area (Å²) in [5, 5.41) is 11.8. The molecular formula is C19H25N5O3S. The Labute approximate surface area is 168 Å². The number of morpholine rings is 1. The molecule has 1 saturated heterocycles. The van der Waals surface area contributed by atoms with Gasteiger partial charge in [-0.15, -0.1) is 10.2 Å². The van der Waals surface area contributed by atoms with E-state index in [4.69, 9.17) is 4.74 Å². The maximum absolute atomic E-state index is 12.7. The number of aromatic nitrogens is 3. The van der Waals surface area contributed by atoms with Crippen LogP contribution in [0, 0.1) is 0 Å². The van der Waals surface area contributed by atoms with E-state index in [-0.39, 0.29) is 11.7 Å². The van der Waals surface area contributed by atoms with Crippen molar-refractivity contribution in [1.29, 1.82) is 0 Å². The van der Waals surface area contributed by atoms with Gasteiger partial charge in [-0.3, -0.25) is 14.2 Å². The van der Waals surface area contributed by atoms with Gasteiger partial charge in [-0.1, -0.05) is 23.9 Å². The first-order valence-electron chi connectivity index (χ1n) is 9.34. The lowest BCUT2D eigenvalue weighted by Gasteiger charge is -2.27. The fourth-order valence-corrected chi connectivity index (χ4v) is 3.90. The van der Waals surface area contributed by atoms with Crippen LogP contribution in [0.1, 0.15) is 31.1 Å². The van der Waals surface area contributed by atoms with Crippen LogP contribution in [0.3, 0.4) is 0 Å². The molecule has 0 spiro atoms. The standard InChI is InChI=1S/C19H25N5O3S/c1-4-24-18(23-9-11-27-12-10-23)21-22-19(24)28-14(3)17(26)20-16-8-6-5-7-15(16)13(2)25/h5-8,14H,4,9-12H2,1-3H3,(H,20,26)/t14-/m1/s1. The first-order valence-corrected chi connectivity index (χ1v) is 10.2. The van der Waals surface area contributed by atoms with E-state index in [1.807, 2.05) is 18.4 Å². The highest BCUT2D eigenvalue weighted by Crippen LogP contribution is 2.27. The van der Waals surface area contributed by atoms with Gasteiger partial charge in [0.2, 0.25) is 11.9 Å². The van der Waals surface area contributed by atoms with Crippen LogP contribution in [0.25, 0.3) is 0 Å². The number of ether oxygens (including phenoxy) is 1. The van der Waals surface area contributed by atoms with Gasteiger partial charge in [0.1, 0.15) is 0 Å². The fourth-order valence-electron chi connectivity index (χ4n) is 2.99. The van der Waals surface area contributed by atoms with Crippen LogP contribution in [0.4, 0.5) is 11.6 Å². The fraction of sp³-hybridized carbons (Fsp3) is 0.474. The highest BCUT2D eigenvalue weighted by Gasteiger charge is 2.23. The van der Waals surface area contributed by atoms with Crippen molar-refractivity contribution in [3.63, 3.8) is 0 Å². The maximum atomic E-state index is 12.7. The van der Waals surface area contributed by atoms with Gasteiger partial charge >= 0.3 is 0 Å². The molecular weight excluding hydrogens is 378 g/mol. The molecule has 28 heavy (non-hydrogen) atoms. The van der Waals surface area contributed by atoms with Crippen LogP contribution in [-0.4, -0.2) is 58.0 Å². The minimum atomic E-state index is -0.396. The van der Waals surface area contributed by atoms with Gasteiger partial charge in [0.05, 0.1) is 24.2 Å². The molecule has 3 rings (SSSR count). The van der Waals surface area contributed by atoms with Crippen LogP contribution in [0.5, 0.6) is 0 Å². The van der Waals surface area contributed by atoms with Gasteiger partial charge in [-0.25, -0.2) is 0 Å². The van der Waals surface area contributed by atoms with Gasteiger partial charge in [-0.05, 0) is 32.9 Å². The number of ketones is 1. The second-order valence-electron chi connectivity index (χ2n) is 6.48. The number of anilines is 2. The molecule has 1 aromatic carbocycles. The Morgan fingerprint density at radius 2 is 1.96 bits per heavy atom. The molecule has 0 radical (unpaired) electrons. The minimum absolute atomic E-state index is 0.0860. The third kappa shape index (κ3) is 4.53. The molecule has 150 valence electrons. The number of thioether (sulfide) groups is 1. The summed E-state index contributed by atoms with van der Waals surface area (Å²) in [5.74, 6) is 0.539. The van der Waals surface area contributed by atoms with Crippen LogP contribution in [0.15, 0.2) is 29.4 Å². The van der Waals surface area contributed by atoms with Crippen molar-refractivity contribution in [2.24, 2.45) is 0 Å². The molecule has 0 saturated carbocycles. The largest absolute Gasteiger partial charge is 0.378 e. The number of Topliss-reactive ketones (excluding diaryl/α,β-unsaturated/α-hetero) is 1. The number of hydrogen-bond donors (Lipinski definition) is 1. The average Bonchev–Trinajstić information content (AvgIpc) is 3.11. The average molecular weight is 404 g/mol. The maximum Gasteiger partial charge on any atom is 0.237 e. The first kappa shape index (κ1) is 20.3. The number of nitrogens with zero attached hydrogens (tertiary/aromatic N) is 4. The molecule has 0 bridgehead atoms. The van der Waals surface area contributed by atoms with Gasteiger partial charge in [0, 0.05) is 25.2 Å². The first-order chi connectivity index (χ1) is 13.5. The zero-order valence-electron chi connectivity index (χ0n) is 16.3. The Morgan fingerprint density at radius 3 is 2.64 bits per heavy atom. The van der Waals surface area contributed by atoms with Crippen molar-refractivity contribution in [2.75, 3.05) is 36.5 Å². The molecule has 1 aromatic heterocycles. The van der Waals surface area contributed by atoms with Crippen molar-refractivity contribution >= 4 is 35.1 Å². The van der Waals surface area contributed by atoms with E-state index in [0.717, 1.165) is 19.0 Å². The summed E-state index contributed by atoms with van der Waals surface area (Å²) in [6.07, 6.45) is 0. The molecule has 2 aromatic rings. The summed E-state index contributed by atoms with van der Waals surface area (Å²) in [6.45, 7) is 8.95. The minimum Gasteiger partial charge on any atom is -0.378 e. The zero-order chi connectivity index (χ0) is 20.1. The number of para-hydroxylation sites is 1. The molecule has 9 heteroatoms. The Kier molecular flexibility index (Phi) is 6.69. The van der Waals surface area contributed by atoms with E-state index < -0.39 is 5.25 Å². The van der Waals surface area contributed by atoms with Crippen molar-refractivity contribution < 1.29 is 14.3 Å².